The van der Waals surface area contributed by atoms with Crippen LogP contribution in [-0.2, 0) is 16.0 Å². The fourth-order valence-electron chi connectivity index (χ4n) is 2.71. The number of carboxylic acids is 1. The van der Waals surface area contributed by atoms with Crippen molar-refractivity contribution in [2.24, 2.45) is 5.92 Å². The monoisotopic (exact) mass is 344 g/mol. The van der Waals surface area contributed by atoms with Gasteiger partial charge in [0.05, 0.1) is 0 Å². The van der Waals surface area contributed by atoms with Crippen molar-refractivity contribution in [1.29, 1.82) is 0 Å². The molecule has 2 aromatic rings. The molecule has 0 unspecified atom stereocenters. The number of rotatable bonds is 6. The first-order valence-electron chi connectivity index (χ1n) is 7.67. The summed E-state index contributed by atoms with van der Waals surface area (Å²) < 4.78 is 0. The summed E-state index contributed by atoms with van der Waals surface area (Å²) in [6.07, 6.45) is 0.0162. The van der Waals surface area contributed by atoms with E-state index in [1.165, 1.54) is 0 Å². The molecule has 0 saturated carbocycles. The average Bonchev–Trinajstić information content (AvgIpc) is 2.47. The van der Waals surface area contributed by atoms with Gasteiger partial charge in [-0.25, -0.2) is 0 Å². The second-order valence-electron chi connectivity index (χ2n) is 5.97. The van der Waals surface area contributed by atoms with E-state index in [1.54, 1.807) is 24.3 Å². The van der Waals surface area contributed by atoms with Crippen LogP contribution in [0.4, 0.5) is 5.69 Å². The van der Waals surface area contributed by atoms with Gasteiger partial charge in [0.1, 0.15) is 0 Å². The average molecular weight is 345 g/mol. The van der Waals surface area contributed by atoms with Crippen molar-refractivity contribution in [1.82, 2.24) is 0 Å². The van der Waals surface area contributed by atoms with Crippen molar-refractivity contribution in [3.8, 4) is 0 Å². The quantitative estimate of drug-likeness (QED) is 0.876. The first kappa shape index (κ1) is 18.0. The van der Waals surface area contributed by atoms with Crippen molar-refractivity contribution < 1.29 is 14.7 Å². The van der Waals surface area contributed by atoms with E-state index in [9.17, 15) is 14.7 Å². The molecule has 1 N–H and O–H groups in total. The molecule has 0 spiro atoms. The molecule has 0 aromatic heterocycles. The number of aliphatic carboxylic acids is 1. The summed E-state index contributed by atoms with van der Waals surface area (Å²) in [6.45, 7) is 3.94. The van der Waals surface area contributed by atoms with Crippen molar-refractivity contribution >= 4 is 29.2 Å². The number of amides is 1. The molecule has 4 nitrogen and oxygen atoms in total. The van der Waals surface area contributed by atoms with E-state index in [1.807, 2.05) is 32.0 Å². The molecule has 0 fully saturated rings. The number of carbonyl (C=O) groups is 2. The number of nitrogens with one attached hydrogen (secondary N) is 1. The summed E-state index contributed by atoms with van der Waals surface area (Å²) in [5.41, 5.74) is 3.67. The SMILES string of the molecule is Cc1cc(C)cc(C[C@@H](CC(=O)[O-])C(=O)Nc2ccc(Cl)cc2)c1. The van der Waals surface area contributed by atoms with Crippen LogP contribution in [-0.4, -0.2) is 11.9 Å². The Hall–Kier alpha value is -2.33. The first-order chi connectivity index (χ1) is 11.3. The Morgan fingerprint density at radius 2 is 1.67 bits per heavy atom. The van der Waals surface area contributed by atoms with E-state index in [0.29, 0.717) is 17.1 Å². The zero-order valence-corrected chi connectivity index (χ0v) is 14.4. The number of halogens is 1. The molecule has 126 valence electrons. The van der Waals surface area contributed by atoms with Crippen LogP contribution in [0, 0.1) is 19.8 Å². The Labute approximate surface area is 146 Å². The number of carboxylic acid groups (broad SMARTS) is 1. The molecule has 0 heterocycles. The van der Waals surface area contributed by atoms with Gasteiger partial charge in [0.2, 0.25) is 5.91 Å². The summed E-state index contributed by atoms with van der Waals surface area (Å²) in [4.78, 5) is 23.5. The van der Waals surface area contributed by atoms with Crippen LogP contribution in [0.15, 0.2) is 42.5 Å². The van der Waals surface area contributed by atoms with Crippen LogP contribution in [0.25, 0.3) is 0 Å². The van der Waals surface area contributed by atoms with Gasteiger partial charge < -0.3 is 15.2 Å². The minimum Gasteiger partial charge on any atom is -0.550 e. The van der Waals surface area contributed by atoms with Crippen LogP contribution in [0.3, 0.4) is 0 Å². The van der Waals surface area contributed by atoms with E-state index in [4.69, 9.17) is 11.6 Å². The number of anilines is 1. The second-order valence-corrected chi connectivity index (χ2v) is 6.41. The van der Waals surface area contributed by atoms with E-state index >= 15 is 0 Å². The van der Waals surface area contributed by atoms with E-state index in [2.05, 4.69) is 5.32 Å². The third-order valence-corrected chi connectivity index (χ3v) is 3.91. The van der Waals surface area contributed by atoms with Crippen LogP contribution in [0.1, 0.15) is 23.1 Å². The summed E-state index contributed by atoms with van der Waals surface area (Å²) in [6, 6.07) is 12.6. The molecular weight excluding hydrogens is 326 g/mol. The maximum absolute atomic E-state index is 12.5. The number of hydrogen-bond donors (Lipinski definition) is 1. The fourth-order valence-corrected chi connectivity index (χ4v) is 2.83. The van der Waals surface area contributed by atoms with Gasteiger partial charge in [0, 0.05) is 22.6 Å². The van der Waals surface area contributed by atoms with Gasteiger partial charge >= 0.3 is 0 Å². The molecular formula is C19H19ClNO3-. The summed E-state index contributed by atoms with van der Waals surface area (Å²) in [5, 5.41) is 14.3. The number of aryl methyl sites for hydroxylation is 2. The maximum atomic E-state index is 12.5. The highest BCUT2D eigenvalue weighted by Gasteiger charge is 2.20. The standard InChI is InChI=1S/C19H20ClNO3/c1-12-7-13(2)9-14(8-12)10-15(11-18(22)23)19(24)21-17-5-3-16(20)4-6-17/h3-9,15H,10-11H2,1-2H3,(H,21,24)(H,22,23)/p-1/t15-/m0/s1. The normalized spacial score (nSPS) is 11.8. The van der Waals surface area contributed by atoms with Gasteiger partial charge in [0.25, 0.3) is 0 Å². The smallest absolute Gasteiger partial charge is 0.228 e. The highest BCUT2D eigenvalue weighted by Crippen LogP contribution is 2.19. The Bertz CT molecular complexity index is 721. The van der Waals surface area contributed by atoms with Gasteiger partial charge in [0.15, 0.2) is 0 Å². The molecule has 0 aliphatic rings. The molecule has 0 radical (unpaired) electrons. The molecule has 1 atom stereocenters. The predicted octanol–water partition coefficient (Wildman–Crippen LogP) is 2.89. The Balaban J connectivity index is 2.15. The molecule has 0 bridgehead atoms. The van der Waals surface area contributed by atoms with E-state index < -0.39 is 11.9 Å². The van der Waals surface area contributed by atoms with Crippen molar-refractivity contribution in [2.45, 2.75) is 26.7 Å². The van der Waals surface area contributed by atoms with Crippen LogP contribution in [0.5, 0.6) is 0 Å². The van der Waals surface area contributed by atoms with Crippen LogP contribution in [0.2, 0.25) is 5.02 Å². The Morgan fingerprint density at radius 3 is 2.21 bits per heavy atom. The number of carbonyl (C=O) groups excluding carboxylic acids is 2. The minimum atomic E-state index is -1.24. The first-order valence-corrected chi connectivity index (χ1v) is 8.05. The second kappa shape index (κ2) is 7.97. The topological polar surface area (TPSA) is 69.2 Å². The molecule has 0 saturated heterocycles. The highest BCUT2D eigenvalue weighted by atomic mass is 35.5. The third-order valence-electron chi connectivity index (χ3n) is 3.66. The zero-order valence-electron chi connectivity index (χ0n) is 13.6. The van der Waals surface area contributed by atoms with Crippen molar-refractivity contribution in [3.63, 3.8) is 0 Å². The summed E-state index contributed by atoms with van der Waals surface area (Å²) in [7, 11) is 0. The van der Waals surface area contributed by atoms with Gasteiger partial charge in [-0.2, -0.15) is 0 Å². The molecule has 0 aliphatic heterocycles. The molecule has 2 aromatic carbocycles. The molecule has 5 heteroatoms. The molecule has 2 rings (SSSR count). The van der Waals surface area contributed by atoms with Crippen molar-refractivity contribution in [2.75, 3.05) is 5.32 Å². The van der Waals surface area contributed by atoms with E-state index in [0.717, 1.165) is 16.7 Å². The van der Waals surface area contributed by atoms with E-state index in [-0.39, 0.29) is 12.3 Å². The Morgan fingerprint density at radius 1 is 1.08 bits per heavy atom. The van der Waals surface area contributed by atoms with Crippen molar-refractivity contribution in [3.05, 3.63) is 64.2 Å². The van der Waals surface area contributed by atoms with Crippen LogP contribution < -0.4 is 10.4 Å². The zero-order chi connectivity index (χ0) is 17.7. The Kier molecular flexibility index (Phi) is 5.99. The highest BCUT2D eigenvalue weighted by molar-refractivity contribution is 6.30. The number of benzene rings is 2. The maximum Gasteiger partial charge on any atom is 0.228 e. The van der Waals surface area contributed by atoms with Gasteiger partial charge in [-0.3, -0.25) is 4.79 Å². The molecule has 0 aliphatic carbocycles. The summed E-state index contributed by atoms with van der Waals surface area (Å²) in [5.74, 6) is -2.29. The van der Waals surface area contributed by atoms with Gasteiger partial charge in [-0.1, -0.05) is 40.9 Å². The molecule has 1 amide bonds. The minimum absolute atomic E-state index is 0.327. The largest absolute Gasteiger partial charge is 0.550 e. The lowest BCUT2D eigenvalue weighted by Crippen LogP contribution is -2.32. The number of hydrogen-bond acceptors (Lipinski definition) is 3. The third kappa shape index (κ3) is 5.39. The van der Waals surface area contributed by atoms with Gasteiger partial charge in [-0.15, -0.1) is 0 Å². The van der Waals surface area contributed by atoms with Crippen LogP contribution >= 0.6 is 11.6 Å². The lowest BCUT2D eigenvalue weighted by molar-refractivity contribution is -0.306. The predicted molar refractivity (Wildman–Crippen MR) is 92.8 cm³/mol. The van der Waals surface area contributed by atoms with Gasteiger partial charge in [-0.05, 0) is 56.5 Å². The fraction of sp³-hybridized carbons (Fsp3) is 0.263. The lowest BCUT2D eigenvalue weighted by Gasteiger charge is -2.18. The lowest BCUT2D eigenvalue weighted by atomic mass is 9.93. The summed E-state index contributed by atoms with van der Waals surface area (Å²) >= 11 is 5.82. The molecule has 24 heavy (non-hydrogen) atoms.